The Kier molecular flexibility index (Phi) is 3.97. The quantitative estimate of drug-likeness (QED) is 0.223. The number of carbonyl (C=O) groups is 3. The van der Waals surface area contributed by atoms with Crippen LogP contribution in [0.2, 0.25) is 0 Å². The summed E-state index contributed by atoms with van der Waals surface area (Å²) in [6.45, 7) is 3.72. The molecule has 0 radical (unpaired) electrons. The molecule has 3 amide bonds. The van der Waals surface area contributed by atoms with Gasteiger partial charge in [-0.05, 0) is 5.92 Å². The van der Waals surface area contributed by atoms with E-state index in [1.165, 1.54) is 4.90 Å². The van der Waals surface area contributed by atoms with Crippen LogP contribution in [0, 0.1) is 5.92 Å². The van der Waals surface area contributed by atoms with E-state index in [4.69, 9.17) is 5.84 Å². The van der Waals surface area contributed by atoms with Crippen molar-refractivity contribution in [1.29, 1.82) is 0 Å². The van der Waals surface area contributed by atoms with Gasteiger partial charge in [-0.1, -0.05) is 13.8 Å². The van der Waals surface area contributed by atoms with Gasteiger partial charge in [0.15, 0.2) is 0 Å². The van der Waals surface area contributed by atoms with Gasteiger partial charge in [0.05, 0.1) is 19.1 Å². The summed E-state index contributed by atoms with van der Waals surface area (Å²) in [7, 11) is 0. The third-order valence-electron chi connectivity index (χ3n) is 2.41. The largest absolute Gasteiger partial charge is 0.294 e. The number of amides is 3. The summed E-state index contributed by atoms with van der Waals surface area (Å²) in [4.78, 5) is 35.4. The Balaban J connectivity index is 2.81. The maximum atomic E-state index is 11.5. The minimum Gasteiger partial charge on any atom is -0.294 e. The molecule has 1 aliphatic heterocycles. The lowest BCUT2D eigenvalue weighted by molar-refractivity contribution is -0.140. The molecule has 0 aromatic carbocycles. The van der Waals surface area contributed by atoms with E-state index in [-0.39, 0.29) is 19.0 Å². The fourth-order valence-corrected chi connectivity index (χ4v) is 1.83. The molecule has 1 fully saturated rings. The first-order valence-corrected chi connectivity index (χ1v) is 5.03. The zero-order valence-corrected chi connectivity index (χ0v) is 9.32. The molecule has 0 aromatic rings. The first-order chi connectivity index (χ1) is 7.45. The van der Waals surface area contributed by atoms with E-state index in [1.807, 2.05) is 19.3 Å². The van der Waals surface area contributed by atoms with Gasteiger partial charge in [0.1, 0.15) is 0 Å². The fraction of sp³-hybridized carbons (Fsp3) is 0.667. The molecule has 16 heavy (non-hydrogen) atoms. The molecule has 0 bridgehead atoms. The summed E-state index contributed by atoms with van der Waals surface area (Å²) in [6.07, 6.45) is 0. The van der Waals surface area contributed by atoms with Crippen molar-refractivity contribution in [3.8, 4) is 0 Å². The van der Waals surface area contributed by atoms with E-state index in [9.17, 15) is 14.4 Å². The number of imide groups is 1. The maximum Gasteiger partial charge on any atom is 0.251 e. The lowest BCUT2D eigenvalue weighted by Crippen LogP contribution is -2.60. The molecule has 7 nitrogen and oxygen atoms in total. The third-order valence-corrected chi connectivity index (χ3v) is 2.41. The van der Waals surface area contributed by atoms with Crippen LogP contribution >= 0.6 is 0 Å². The molecule has 1 atom stereocenters. The number of nitrogens with zero attached hydrogens (tertiary/aromatic N) is 1. The molecule has 1 saturated heterocycles. The van der Waals surface area contributed by atoms with Crippen molar-refractivity contribution in [3.63, 3.8) is 0 Å². The molecule has 1 aliphatic rings. The third kappa shape index (κ3) is 2.77. The molecular weight excluding hydrogens is 212 g/mol. The normalized spacial score (nSPS) is 19.5. The highest BCUT2D eigenvalue weighted by Gasteiger charge is 2.34. The summed E-state index contributed by atoms with van der Waals surface area (Å²) in [5.41, 5.74) is 2.05. The summed E-state index contributed by atoms with van der Waals surface area (Å²) in [6, 6.07) is -0.569. The molecule has 7 heteroatoms. The smallest absolute Gasteiger partial charge is 0.251 e. The van der Waals surface area contributed by atoms with E-state index in [2.05, 4.69) is 5.32 Å². The van der Waals surface area contributed by atoms with Crippen LogP contribution in [0.5, 0.6) is 0 Å². The SMILES string of the molecule is CC(C)C(C(=O)NN)N1CC(=O)NC(=O)C1. The van der Waals surface area contributed by atoms with E-state index >= 15 is 0 Å². The Morgan fingerprint density at radius 1 is 1.38 bits per heavy atom. The fourth-order valence-electron chi connectivity index (χ4n) is 1.83. The highest BCUT2D eigenvalue weighted by molar-refractivity contribution is 6.00. The maximum absolute atomic E-state index is 11.5. The molecule has 1 heterocycles. The average molecular weight is 228 g/mol. The monoisotopic (exact) mass is 228 g/mol. The van der Waals surface area contributed by atoms with Crippen LogP contribution in [0.25, 0.3) is 0 Å². The Morgan fingerprint density at radius 2 is 1.88 bits per heavy atom. The van der Waals surface area contributed by atoms with E-state index in [0.717, 1.165) is 0 Å². The highest BCUT2D eigenvalue weighted by atomic mass is 16.2. The number of hydrogen-bond donors (Lipinski definition) is 3. The van der Waals surface area contributed by atoms with Crippen LogP contribution in [-0.2, 0) is 14.4 Å². The van der Waals surface area contributed by atoms with Crippen LogP contribution < -0.4 is 16.6 Å². The molecule has 1 unspecified atom stereocenters. The van der Waals surface area contributed by atoms with Gasteiger partial charge in [-0.3, -0.25) is 30.0 Å². The second-order valence-electron chi connectivity index (χ2n) is 4.07. The van der Waals surface area contributed by atoms with Gasteiger partial charge in [0.2, 0.25) is 11.8 Å². The number of rotatable bonds is 3. The van der Waals surface area contributed by atoms with Crippen molar-refractivity contribution in [2.45, 2.75) is 19.9 Å². The molecule has 0 saturated carbocycles. The minimum absolute atomic E-state index is 0.0298. The second-order valence-corrected chi connectivity index (χ2v) is 4.07. The van der Waals surface area contributed by atoms with E-state index in [0.29, 0.717) is 0 Å². The zero-order valence-electron chi connectivity index (χ0n) is 9.32. The van der Waals surface area contributed by atoms with Crippen molar-refractivity contribution in [2.24, 2.45) is 11.8 Å². The molecule has 0 aromatic heterocycles. The molecule has 0 aliphatic carbocycles. The van der Waals surface area contributed by atoms with Gasteiger partial charge in [0.25, 0.3) is 5.91 Å². The Labute approximate surface area is 93.3 Å². The molecule has 90 valence electrons. The lowest BCUT2D eigenvalue weighted by atomic mass is 10.0. The van der Waals surface area contributed by atoms with Crippen LogP contribution in [0.15, 0.2) is 0 Å². The number of nitrogens with one attached hydrogen (secondary N) is 2. The molecule has 0 spiro atoms. The number of carbonyl (C=O) groups excluding carboxylic acids is 3. The van der Waals surface area contributed by atoms with Crippen LogP contribution in [-0.4, -0.2) is 41.8 Å². The number of hydrogen-bond acceptors (Lipinski definition) is 5. The average Bonchev–Trinajstić information content (AvgIpc) is 2.15. The minimum atomic E-state index is -0.569. The van der Waals surface area contributed by atoms with Gasteiger partial charge in [0, 0.05) is 0 Å². The predicted octanol–water partition coefficient (Wildman–Crippen LogP) is -2.04. The molecule has 4 N–H and O–H groups in total. The van der Waals surface area contributed by atoms with E-state index in [1.54, 1.807) is 0 Å². The number of hydrazine groups is 1. The van der Waals surface area contributed by atoms with Crippen molar-refractivity contribution in [2.75, 3.05) is 13.1 Å². The van der Waals surface area contributed by atoms with Gasteiger partial charge < -0.3 is 0 Å². The summed E-state index contributed by atoms with van der Waals surface area (Å²) < 4.78 is 0. The van der Waals surface area contributed by atoms with Gasteiger partial charge in [-0.15, -0.1) is 0 Å². The van der Waals surface area contributed by atoms with Crippen molar-refractivity contribution < 1.29 is 14.4 Å². The first kappa shape index (κ1) is 12.6. The summed E-state index contributed by atoms with van der Waals surface area (Å²) in [5.74, 6) is 3.85. The predicted molar refractivity (Wildman–Crippen MR) is 55.7 cm³/mol. The van der Waals surface area contributed by atoms with Crippen molar-refractivity contribution in [3.05, 3.63) is 0 Å². The first-order valence-electron chi connectivity index (χ1n) is 5.03. The van der Waals surface area contributed by atoms with Gasteiger partial charge in [-0.25, -0.2) is 5.84 Å². The second kappa shape index (κ2) is 5.04. The van der Waals surface area contributed by atoms with Crippen molar-refractivity contribution in [1.82, 2.24) is 15.6 Å². The summed E-state index contributed by atoms with van der Waals surface area (Å²) >= 11 is 0. The van der Waals surface area contributed by atoms with Crippen LogP contribution in [0.3, 0.4) is 0 Å². The Morgan fingerprint density at radius 3 is 2.25 bits per heavy atom. The zero-order chi connectivity index (χ0) is 12.3. The number of nitrogens with two attached hydrogens (primary N) is 1. The van der Waals surface area contributed by atoms with Gasteiger partial charge in [-0.2, -0.15) is 0 Å². The Bertz CT molecular complexity index is 300. The van der Waals surface area contributed by atoms with Crippen LogP contribution in [0.4, 0.5) is 0 Å². The van der Waals surface area contributed by atoms with Crippen molar-refractivity contribution >= 4 is 17.7 Å². The Hall–Kier alpha value is -1.47. The van der Waals surface area contributed by atoms with Crippen LogP contribution in [0.1, 0.15) is 13.8 Å². The molecule has 1 rings (SSSR count). The summed E-state index contributed by atoms with van der Waals surface area (Å²) in [5, 5.41) is 2.18. The highest BCUT2D eigenvalue weighted by Crippen LogP contribution is 2.12. The van der Waals surface area contributed by atoms with Gasteiger partial charge >= 0.3 is 0 Å². The lowest BCUT2D eigenvalue weighted by Gasteiger charge is -2.34. The van der Waals surface area contributed by atoms with E-state index < -0.39 is 23.8 Å². The number of piperazine rings is 1. The molecular formula is C9H16N4O3. The standard InChI is InChI=1S/C9H16N4O3/c1-5(2)8(9(16)12-10)13-3-6(14)11-7(15)4-13/h5,8H,3-4,10H2,1-2H3,(H,12,16)(H,11,14,15). The topological polar surface area (TPSA) is 105 Å².